The molecule has 0 aliphatic carbocycles. The summed E-state index contributed by atoms with van der Waals surface area (Å²) in [5, 5.41) is 9.36. The van der Waals surface area contributed by atoms with Gasteiger partial charge in [-0.25, -0.2) is 4.79 Å². The molecule has 0 spiro atoms. The lowest BCUT2D eigenvalue weighted by Gasteiger charge is -2.39. The van der Waals surface area contributed by atoms with Crippen molar-refractivity contribution in [2.45, 2.75) is 31.4 Å². The van der Waals surface area contributed by atoms with Crippen molar-refractivity contribution in [3.05, 3.63) is 0 Å². The molecule has 0 unspecified atom stereocenters. The molecule has 68 valence electrons. The molecule has 2 fully saturated rings. The monoisotopic (exact) mass is 171 g/mol. The fourth-order valence-electron chi connectivity index (χ4n) is 1.91. The molecule has 2 atom stereocenters. The molecule has 2 saturated heterocycles. The smallest absolute Gasteiger partial charge is 0.410 e. The van der Waals surface area contributed by atoms with Crippen LogP contribution in [0.5, 0.6) is 0 Å². The van der Waals surface area contributed by atoms with Gasteiger partial charge in [0.1, 0.15) is 0 Å². The lowest BCUT2D eigenvalue weighted by atomic mass is 9.97. The molecule has 2 heterocycles. The van der Waals surface area contributed by atoms with Gasteiger partial charge in [0.2, 0.25) is 0 Å². The first-order valence-corrected chi connectivity index (χ1v) is 4.39. The molecule has 4 nitrogen and oxygen atoms in total. The zero-order valence-corrected chi connectivity index (χ0v) is 6.90. The van der Waals surface area contributed by atoms with E-state index in [1.165, 1.54) is 0 Å². The Morgan fingerprint density at radius 1 is 1.50 bits per heavy atom. The summed E-state index contributed by atoms with van der Waals surface area (Å²) < 4.78 is 4.89. The molecule has 0 aromatic carbocycles. The molecule has 1 N–H and O–H groups in total. The van der Waals surface area contributed by atoms with Crippen LogP contribution in [0, 0.1) is 0 Å². The van der Waals surface area contributed by atoms with Crippen molar-refractivity contribution < 1.29 is 14.6 Å². The van der Waals surface area contributed by atoms with Gasteiger partial charge in [-0.15, -0.1) is 0 Å². The zero-order chi connectivity index (χ0) is 8.55. The number of carbonyl (C=O) groups is 1. The van der Waals surface area contributed by atoms with Gasteiger partial charge < -0.3 is 14.7 Å². The van der Waals surface area contributed by atoms with E-state index in [1.807, 2.05) is 0 Å². The second-order valence-corrected chi connectivity index (χ2v) is 3.43. The number of hydrogen-bond donors (Lipinski definition) is 1. The number of aliphatic hydroxyl groups excluding tert-OH is 1. The molecule has 4 heteroatoms. The Hall–Kier alpha value is -0.770. The number of carbonyl (C=O) groups excluding carboxylic acids is 1. The molecular weight excluding hydrogens is 158 g/mol. The van der Waals surface area contributed by atoms with Gasteiger partial charge in [-0.1, -0.05) is 0 Å². The molecule has 12 heavy (non-hydrogen) atoms. The van der Waals surface area contributed by atoms with Crippen LogP contribution in [0.25, 0.3) is 0 Å². The minimum atomic E-state index is -0.225. The molecule has 1 amide bonds. The number of ether oxygens (including phenoxy) is 1. The van der Waals surface area contributed by atoms with E-state index >= 15 is 0 Å². The first kappa shape index (κ1) is 7.86. The van der Waals surface area contributed by atoms with E-state index in [1.54, 1.807) is 4.90 Å². The van der Waals surface area contributed by atoms with Gasteiger partial charge in [-0.3, -0.25) is 0 Å². The second-order valence-electron chi connectivity index (χ2n) is 3.43. The highest BCUT2D eigenvalue weighted by Crippen LogP contribution is 2.23. The molecule has 2 aliphatic heterocycles. The van der Waals surface area contributed by atoms with E-state index in [0.29, 0.717) is 19.6 Å². The quantitative estimate of drug-likeness (QED) is 0.572. The SMILES string of the molecule is O=C1OCC[C@H]2C[C@@H](O)CCN12. The number of nitrogens with zero attached hydrogens (tertiary/aromatic N) is 1. The van der Waals surface area contributed by atoms with Crippen LogP contribution in [-0.2, 0) is 4.74 Å². The number of hydrogen-bond acceptors (Lipinski definition) is 3. The Bertz CT molecular complexity index is 195. The average Bonchev–Trinajstić information content (AvgIpc) is 2.04. The predicted molar refractivity (Wildman–Crippen MR) is 41.7 cm³/mol. The fraction of sp³-hybridized carbons (Fsp3) is 0.875. The molecule has 2 rings (SSSR count). The Labute approximate surface area is 71.1 Å². The fourth-order valence-corrected chi connectivity index (χ4v) is 1.91. The van der Waals surface area contributed by atoms with Crippen molar-refractivity contribution in [3.63, 3.8) is 0 Å². The third kappa shape index (κ3) is 1.27. The number of rotatable bonds is 0. The van der Waals surface area contributed by atoms with Crippen LogP contribution < -0.4 is 0 Å². The summed E-state index contributed by atoms with van der Waals surface area (Å²) in [4.78, 5) is 12.9. The van der Waals surface area contributed by atoms with E-state index < -0.39 is 0 Å². The zero-order valence-electron chi connectivity index (χ0n) is 6.90. The Kier molecular flexibility index (Phi) is 1.92. The highest BCUT2D eigenvalue weighted by molar-refractivity contribution is 5.68. The van der Waals surface area contributed by atoms with Crippen molar-refractivity contribution in [1.29, 1.82) is 0 Å². The van der Waals surface area contributed by atoms with Crippen LogP contribution in [0.2, 0.25) is 0 Å². The highest BCUT2D eigenvalue weighted by atomic mass is 16.6. The van der Waals surface area contributed by atoms with E-state index in [9.17, 15) is 9.90 Å². The van der Waals surface area contributed by atoms with Crippen LogP contribution in [0.15, 0.2) is 0 Å². The van der Waals surface area contributed by atoms with Crippen LogP contribution in [0.4, 0.5) is 4.79 Å². The third-order valence-electron chi connectivity index (χ3n) is 2.60. The molecule has 0 aromatic rings. The summed E-state index contributed by atoms with van der Waals surface area (Å²) in [6.07, 6.45) is 1.83. The molecule has 0 aromatic heterocycles. The first-order valence-electron chi connectivity index (χ1n) is 4.39. The maximum atomic E-state index is 11.2. The van der Waals surface area contributed by atoms with Gasteiger partial charge >= 0.3 is 6.09 Å². The molecule has 0 saturated carbocycles. The number of amides is 1. The minimum Gasteiger partial charge on any atom is -0.449 e. The number of piperidine rings is 1. The van der Waals surface area contributed by atoms with Crippen LogP contribution in [0.1, 0.15) is 19.3 Å². The highest BCUT2D eigenvalue weighted by Gasteiger charge is 2.34. The summed E-state index contributed by atoms with van der Waals surface area (Å²) >= 11 is 0. The van der Waals surface area contributed by atoms with Crippen molar-refractivity contribution in [2.75, 3.05) is 13.2 Å². The Balaban J connectivity index is 2.04. The molecule has 0 bridgehead atoms. The largest absolute Gasteiger partial charge is 0.449 e. The summed E-state index contributed by atoms with van der Waals surface area (Å²) in [6, 6.07) is 0.218. The van der Waals surface area contributed by atoms with Crippen LogP contribution in [0.3, 0.4) is 0 Å². The summed E-state index contributed by atoms with van der Waals surface area (Å²) in [6.45, 7) is 1.15. The van der Waals surface area contributed by atoms with Crippen molar-refractivity contribution >= 4 is 6.09 Å². The molecular formula is C8H13NO3. The lowest BCUT2D eigenvalue weighted by molar-refractivity contribution is -0.00545. The maximum absolute atomic E-state index is 11.2. The van der Waals surface area contributed by atoms with E-state index in [0.717, 1.165) is 12.8 Å². The van der Waals surface area contributed by atoms with E-state index in [2.05, 4.69) is 0 Å². The van der Waals surface area contributed by atoms with Crippen molar-refractivity contribution in [1.82, 2.24) is 4.90 Å². The Morgan fingerprint density at radius 3 is 3.17 bits per heavy atom. The molecule has 2 aliphatic rings. The summed E-state index contributed by atoms with van der Waals surface area (Å²) in [7, 11) is 0. The second kappa shape index (κ2) is 2.94. The van der Waals surface area contributed by atoms with Gasteiger partial charge in [-0.05, 0) is 12.8 Å². The lowest BCUT2D eigenvalue weighted by Crippen LogP contribution is -2.51. The molecule has 0 radical (unpaired) electrons. The first-order chi connectivity index (χ1) is 5.77. The van der Waals surface area contributed by atoms with Gasteiger partial charge in [0.25, 0.3) is 0 Å². The normalized spacial score (nSPS) is 35.8. The van der Waals surface area contributed by atoms with Crippen LogP contribution in [-0.4, -0.2) is 41.4 Å². The summed E-state index contributed by atoms with van der Waals surface area (Å²) in [5.74, 6) is 0. The van der Waals surface area contributed by atoms with Crippen LogP contribution >= 0.6 is 0 Å². The predicted octanol–water partition coefficient (Wildman–Crippen LogP) is 0.352. The summed E-state index contributed by atoms with van der Waals surface area (Å²) in [5.41, 5.74) is 0. The van der Waals surface area contributed by atoms with Crippen molar-refractivity contribution in [3.8, 4) is 0 Å². The number of aliphatic hydroxyl groups is 1. The van der Waals surface area contributed by atoms with Gasteiger partial charge in [-0.2, -0.15) is 0 Å². The third-order valence-corrected chi connectivity index (χ3v) is 2.60. The standard InChI is InChI=1S/C8H13NO3/c10-7-1-3-9-6(5-7)2-4-12-8(9)11/h6-7,10H,1-5H2/t6-,7-/m0/s1. The topological polar surface area (TPSA) is 49.8 Å². The minimum absolute atomic E-state index is 0.210. The number of cyclic esters (lactones) is 1. The number of fused-ring (bicyclic) bond motifs is 1. The van der Waals surface area contributed by atoms with Gasteiger partial charge in [0.15, 0.2) is 0 Å². The average molecular weight is 171 g/mol. The Morgan fingerprint density at radius 2 is 2.33 bits per heavy atom. The van der Waals surface area contributed by atoms with Gasteiger partial charge in [0, 0.05) is 19.0 Å². The van der Waals surface area contributed by atoms with Crippen molar-refractivity contribution in [2.24, 2.45) is 0 Å². The van der Waals surface area contributed by atoms with E-state index in [4.69, 9.17) is 4.74 Å². The van der Waals surface area contributed by atoms with Gasteiger partial charge in [0.05, 0.1) is 12.7 Å². The van der Waals surface area contributed by atoms with E-state index in [-0.39, 0.29) is 18.2 Å². The maximum Gasteiger partial charge on any atom is 0.410 e.